The van der Waals surface area contributed by atoms with E-state index < -0.39 is 29.5 Å². The third-order valence-corrected chi connectivity index (χ3v) is 5.93. The molecule has 1 saturated heterocycles. The molecule has 1 aliphatic rings. The molecular weight excluding hydrogens is 436 g/mol. The Kier molecular flexibility index (Phi) is 8.33. The fourth-order valence-electron chi connectivity index (χ4n) is 3.68. The monoisotopic (exact) mass is 463 g/mol. The quantitative estimate of drug-likeness (QED) is 0.587. The molecule has 1 aliphatic heterocycles. The van der Waals surface area contributed by atoms with Crippen LogP contribution in [0.15, 0.2) is 36.4 Å². The van der Waals surface area contributed by atoms with Gasteiger partial charge in [-0.2, -0.15) is 11.8 Å². The van der Waals surface area contributed by atoms with Crippen molar-refractivity contribution in [1.82, 2.24) is 5.32 Å². The van der Waals surface area contributed by atoms with E-state index in [1.807, 2.05) is 6.26 Å². The van der Waals surface area contributed by atoms with Crippen LogP contribution in [-0.4, -0.2) is 50.1 Å². The first-order valence-electron chi connectivity index (χ1n) is 10.4. The van der Waals surface area contributed by atoms with Crippen LogP contribution in [0.5, 0.6) is 5.75 Å². The van der Waals surface area contributed by atoms with Crippen molar-refractivity contribution in [2.24, 2.45) is 0 Å². The van der Waals surface area contributed by atoms with Gasteiger partial charge in [-0.15, -0.1) is 0 Å². The molecule has 0 spiro atoms. The second-order valence-electron chi connectivity index (χ2n) is 7.48. The molecule has 0 aliphatic carbocycles. The van der Waals surface area contributed by atoms with E-state index in [1.54, 1.807) is 29.2 Å². The van der Waals surface area contributed by atoms with Gasteiger partial charge in [-0.3, -0.25) is 9.59 Å². The Labute approximate surface area is 190 Å². The van der Waals surface area contributed by atoms with E-state index in [4.69, 9.17) is 4.74 Å². The van der Waals surface area contributed by atoms with Crippen LogP contribution in [0.3, 0.4) is 0 Å². The molecule has 32 heavy (non-hydrogen) atoms. The van der Waals surface area contributed by atoms with Crippen molar-refractivity contribution in [3.63, 3.8) is 0 Å². The van der Waals surface area contributed by atoms with E-state index in [-0.39, 0.29) is 11.4 Å². The zero-order valence-corrected chi connectivity index (χ0v) is 18.9. The number of halogens is 2. The predicted octanol–water partition coefficient (Wildman–Crippen LogP) is 4.06. The van der Waals surface area contributed by atoms with Crippen molar-refractivity contribution < 1.29 is 23.1 Å². The SMILES string of the molecule is COc1ccccc1C(=O)NC(CCSC)C(=O)Nc1cc(F)c(N2CCCC2)c(F)c1. The van der Waals surface area contributed by atoms with Crippen LogP contribution in [-0.2, 0) is 4.79 Å². The van der Waals surface area contributed by atoms with Crippen LogP contribution < -0.4 is 20.3 Å². The third-order valence-electron chi connectivity index (χ3n) is 5.29. The highest BCUT2D eigenvalue weighted by Crippen LogP contribution is 2.30. The van der Waals surface area contributed by atoms with Gasteiger partial charge in [0.15, 0.2) is 11.6 Å². The van der Waals surface area contributed by atoms with Gasteiger partial charge in [-0.25, -0.2) is 8.78 Å². The van der Waals surface area contributed by atoms with Crippen molar-refractivity contribution in [1.29, 1.82) is 0 Å². The highest BCUT2D eigenvalue weighted by molar-refractivity contribution is 7.98. The van der Waals surface area contributed by atoms with E-state index in [0.29, 0.717) is 36.6 Å². The maximum atomic E-state index is 14.6. The molecule has 9 heteroatoms. The minimum Gasteiger partial charge on any atom is -0.496 e. The highest BCUT2D eigenvalue weighted by atomic mass is 32.2. The summed E-state index contributed by atoms with van der Waals surface area (Å²) in [6.45, 7) is 1.20. The number of amides is 2. The van der Waals surface area contributed by atoms with Crippen molar-refractivity contribution in [3.05, 3.63) is 53.6 Å². The van der Waals surface area contributed by atoms with Gasteiger partial charge in [-0.1, -0.05) is 12.1 Å². The highest BCUT2D eigenvalue weighted by Gasteiger charge is 2.25. The summed E-state index contributed by atoms with van der Waals surface area (Å²) in [5.41, 5.74) is 0.238. The normalized spacial score (nSPS) is 14.2. The summed E-state index contributed by atoms with van der Waals surface area (Å²) in [7, 11) is 1.46. The van der Waals surface area contributed by atoms with Crippen molar-refractivity contribution in [3.8, 4) is 5.75 Å². The molecule has 6 nitrogen and oxygen atoms in total. The first-order chi connectivity index (χ1) is 15.4. The predicted molar refractivity (Wildman–Crippen MR) is 124 cm³/mol. The molecule has 0 radical (unpaired) electrons. The fraction of sp³-hybridized carbons (Fsp3) is 0.391. The molecule has 1 unspecified atom stereocenters. The lowest BCUT2D eigenvalue weighted by Crippen LogP contribution is -2.44. The Morgan fingerprint density at radius 1 is 1.16 bits per heavy atom. The molecular formula is C23H27F2N3O3S. The zero-order valence-electron chi connectivity index (χ0n) is 18.1. The maximum Gasteiger partial charge on any atom is 0.255 e. The van der Waals surface area contributed by atoms with Crippen LogP contribution in [0.2, 0.25) is 0 Å². The minimum absolute atomic E-state index is 0.00800. The maximum absolute atomic E-state index is 14.6. The number of para-hydroxylation sites is 1. The lowest BCUT2D eigenvalue weighted by Gasteiger charge is -2.21. The summed E-state index contributed by atoms with van der Waals surface area (Å²) in [6.07, 6.45) is 4.02. The Balaban J connectivity index is 1.75. The number of benzene rings is 2. The summed E-state index contributed by atoms with van der Waals surface area (Å²) in [6, 6.07) is 8.03. The first-order valence-corrected chi connectivity index (χ1v) is 11.8. The van der Waals surface area contributed by atoms with E-state index in [9.17, 15) is 18.4 Å². The molecule has 2 aromatic rings. The summed E-state index contributed by atoms with van der Waals surface area (Å²) in [4.78, 5) is 27.3. The van der Waals surface area contributed by atoms with Crippen LogP contribution in [0.4, 0.5) is 20.2 Å². The number of nitrogens with zero attached hydrogens (tertiary/aromatic N) is 1. The Morgan fingerprint density at radius 2 is 1.81 bits per heavy atom. The van der Waals surface area contributed by atoms with Gasteiger partial charge in [0.25, 0.3) is 5.91 Å². The standard InChI is InChI=1S/C23H27F2N3O3S/c1-31-20-8-4-3-7-16(20)22(29)27-19(9-12-32-2)23(30)26-15-13-17(24)21(18(25)14-15)28-10-5-6-11-28/h3-4,7-8,13-14,19H,5-6,9-12H2,1-2H3,(H,26,30)(H,27,29). The summed E-state index contributed by atoms with van der Waals surface area (Å²) in [5, 5.41) is 5.25. The smallest absolute Gasteiger partial charge is 0.255 e. The average molecular weight is 464 g/mol. The van der Waals surface area contributed by atoms with Crippen molar-refractivity contribution in [2.45, 2.75) is 25.3 Å². The second kappa shape index (κ2) is 11.2. The van der Waals surface area contributed by atoms with Crippen LogP contribution in [0.1, 0.15) is 29.6 Å². The van der Waals surface area contributed by atoms with Gasteiger partial charge in [-0.05, 0) is 55.5 Å². The summed E-state index contributed by atoms with van der Waals surface area (Å²) >= 11 is 1.52. The molecule has 172 valence electrons. The number of hydrogen-bond donors (Lipinski definition) is 2. The van der Waals surface area contributed by atoms with Gasteiger partial charge in [0, 0.05) is 18.8 Å². The number of carbonyl (C=O) groups is 2. The van der Waals surface area contributed by atoms with Crippen LogP contribution >= 0.6 is 11.8 Å². The Hall–Kier alpha value is -2.81. The number of ether oxygens (including phenoxy) is 1. The number of anilines is 2. The Morgan fingerprint density at radius 3 is 2.44 bits per heavy atom. The Bertz CT molecular complexity index is 944. The van der Waals surface area contributed by atoms with E-state index >= 15 is 0 Å². The van der Waals surface area contributed by atoms with Gasteiger partial charge in [0.2, 0.25) is 5.91 Å². The van der Waals surface area contributed by atoms with Gasteiger partial charge < -0.3 is 20.3 Å². The molecule has 2 aromatic carbocycles. The van der Waals surface area contributed by atoms with Crippen LogP contribution in [0, 0.1) is 11.6 Å². The number of thioether (sulfide) groups is 1. The molecule has 2 N–H and O–H groups in total. The third kappa shape index (κ3) is 5.70. The van der Waals surface area contributed by atoms with Crippen molar-refractivity contribution in [2.75, 3.05) is 42.4 Å². The molecule has 1 atom stereocenters. The summed E-state index contributed by atoms with van der Waals surface area (Å²) in [5.74, 6) is -1.46. The molecule has 2 amide bonds. The van der Waals surface area contributed by atoms with E-state index in [1.165, 1.54) is 18.9 Å². The first kappa shape index (κ1) is 23.8. The van der Waals surface area contributed by atoms with Gasteiger partial charge in [0.1, 0.15) is 17.5 Å². The topological polar surface area (TPSA) is 70.7 Å². The minimum atomic E-state index is -0.885. The molecule has 1 fully saturated rings. The molecule has 1 heterocycles. The van der Waals surface area contributed by atoms with E-state index in [2.05, 4.69) is 10.6 Å². The lowest BCUT2D eigenvalue weighted by atomic mass is 10.1. The molecule has 0 aromatic heterocycles. The number of nitrogens with one attached hydrogen (secondary N) is 2. The van der Waals surface area contributed by atoms with Crippen LogP contribution in [0.25, 0.3) is 0 Å². The fourth-order valence-corrected chi connectivity index (χ4v) is 4.15. The zero-order chi connectivity index (χ0) is 23.1. The largest absolute Gasteiger partial charge is 0.496 e. The van der Waals surface area contributed by atoms with Gasteiger partial charge >= 0.3 is 0 Å². The lowest BCUT2D eigenvalue weighted by molar-refractivity contribution is -0.118. The summed E-state index contributed by atoms with van der Waals surface area (Å²) < 4.78 is 34.4. The average Bonchev–Trinajstić information content (AvgIpc) is 3.30. The van der Waals surface area contributed by atoms with Crippen molar-refractivity contribution >= 4 is 35.0 Å². The molecule has 3 rings (SSSR count). The number of hydrogen-bond acceptors (Lipinski definition) is 5. The molecule has 0 bridgehead atoms. The number of rotatable bonds is 9. The number of carbonyl (C=O) groups excluding carboxylic acids is 2. The van der Waals surface area contributed by atoms with E-state index in [0.717, 1.165) is 25.0 Å². The molecule has 0 saturated carbocycles. The number of methoxy groups -OCH3 is 1. The van der Waals surface area contributed by atoms with Gasteiger partial charge in [0.05, 0.1) is 12.7 Å². The second-order valence-corrected chi connectivity index (χ2v) is 8.47.